The number of rotatable bonds is 13. The summed E-state index contributed by atoms with van der Waals surface area (Å²) in [5, 5.41) is 0. The molecule has 0 aliphatic carbocycles. The topological polar surface area (TPSA) is 168 Å². The first-order valence-electron chi connectivity index (χ1n) is 14.1. The van der Waals surface area contributed by atoms with Crippen molar-refractivity contribution in [2.24, 2.45) is 22.2 Å². The van der Waals surface area contributed by atoms with E-state index in [0.717, 1.165) is 21.2 Å². The van der Waals surface area contributed by atoms with Crippen LogP contribution in [0.5, 0.6) is 23.0 Å². The summed E-state index contributed by atoms with van der Waals surface area (Å²) in [5.74, 6) is -0.746. The van der Waals surface area contributed by atoms with Gasteiger partial charge in [-0.15, -0.1) is 11.3 Å². The average molecular weight is 643 g/mol. The number of thiophene rings is 1. The van der Waals surface area contributed by atoms with Crippen LogP contribution in [0, 0.1) is 5.82 Å². The Bertz CT molecular complexity index is 1910. The third-order valence-corrected chi connectivity index (χ3v) is 7.84. The fourth-order valence-corrected chi connectivity index (χ4v) is 5.69. The van der Waals surface area contributed by atoms with Crippen LogP contribution in [0.3, 0.4) is 0 Å². The maximum absolute atomic E-state index is 15.6. The second-order valence-corrected chi connectivity index (χ2v) is 11.0. The van der Waals surface area contributed by atoms with Crippen molar-refractivity contribution in [3.63, 3.8) is 0 Å². The molecule has 46 heavy (non-hydrogen) atoms. The van der Waals surface area contributed by atoms with Gasteiger partial charge in [0, 0.05) is 36.2 Å². The van der Waals surface area contributed by atoms with Crippen LogP contribution in [-0.4, -0.2) is 43.0 Å². The Morgan fingerprint density at radius 2 is 1.78 bits per heavy atom. The highest BCUT2D eigenvalue weighted by atomic mass is 32.1. The summed E-state index contributed by atoms with van der Waals surface area (Å²) in [6, 6.07) is 22.0. The number of para-hydroxylation sites is 2. The molecule has 11 nitrogen and oxygen atoms in total. The van der Waals surface area contributed by atoms with Crippen LogP contribution in [-0.2, 0) is 9.59 Å². The summed E-state index contributed by atoms with van der Waals surface area (Å²) in [4.78, 5) is 35.2. The van der Waals surface area contributed by atoms with Gasteiger partial charge in [0.15, 0.2) is 17.5 Å². The van der Waals surface area contributed by atoms with Crippen LogP contribution in [0.2, 0.25) is 0 Å². The number of aromatic nitrogens is 1. The number of guanidine groups is 1. The van der Waals surface area contributed by atoms with E-state index in [0.29, 0.717) is 48.0 Å². The molecule has 0 radical (unpaired) electrons. The number of aliphatic imine (C=N–C) groups is 1. The summed E-state index contributed by atoms with van der Waals surface area (Å²) in [5.41, 5.74) is 18.1. The molecule has 0 aliphatic rings. The van der Waals surface area contributed by atoms with Crippen molar-refractivity contribution in [2.45, 2.75) is 12.8 Å². The molecule has 0 atom stereocenters. The van der Waals surface area contributed by atoms with Gasteiger partial charge in [-0.2, -0.15) is 0 Å². The number of pyridine rings is 1. The minimum atomic E-state index is -0.818. The van der Waals surface area contributed by atoms with E-state index in [1.54, 1.807) is 36.5 Å². The first-order chi connectivity index (χ1) is 22.2. The van der Waals surface area contributed by atoms with Gasteiger partial charge in [0.2, 0.25) is 11.8 Å². The zero-order valence-corrected chi connectivity index (χ0v) is 25.6. The largest absolute Gasteiger partial charge is 0.495 e. The lowest BCUT2D eigenvalue weighted by Gasteiger charge is -2.24. The number of amides is 2. The zero-order valence-electron chi connectivity index (χ0n) is 24.8. The van der Waals surface area contributed by atoms with Gasteiger partial charge in [0.05, 0.1) is 35.3 Å². The van der Waals surface area contributed by atoms with Crippen molar-refractivity contribution in [3.05, 3.63) is 90.9 Å². The minimum absolute atomic E-state index is 0.0489. The monoisotopic (exact) mass is 642 g/mol. The second kappa shape index (κ2) is 14.4. The predicted octanol–water partition coefficient (Wildman–Crippen LogP) is 5.49. The SMILES string of the molecule is COc1ccccc1N(C(=O)CC(N)=O)c1ccc(Oc2ccnc3cc(-c4cccc(OCCCN=C(N)N)c4)sc23)c(F)c1. The second-order valence-electron chi connectivity index (χ2n) is 9.93. The molecule has 5 aromatic rings. The third kappa shape index (κ3) is 7.50. The fourth-order valence-electron chi connectivity index (χ4n) is 4.63. The smallest absolute Gasteiger partial charge is 0.241 e. The van der Waals surface area contributed by atoms with Gasteiger partial charge in [-0.3, -0.25) is 24.5 Å². The highest BCUT2D eigenvalue weighted by Crippen LogP contribution is 2.41. The summed E-state index contributed by atoms with van der Waals surface area (Å²) in [6.45, 7) is 0.927. The number of halogens is 1. The lowest BCUT2D eigenvalue weighted by atomic mass is 10.2. The molecule has 0 saturated heterocycles. The van der Waals surface area contributed by atoms with Crippen LogP contribution in [0.1, 0.15) is 12.8 Å². The van der Waals surface area contributed by atoms with E-state index in [1.165, 1.54) is 35.5 Å². The van der Waals surface area contributed by atoms with E-state index < -0.39 is 24.1 Å². The fraction of sp³-hybridized carbons (Fsp3) is 0.152. The molecule has 2 amide bonds. The first kappa shape index (κ1) is 31.7. The molecule has 0 saturated carbocycles. The van der Waals surface area contributed by atoms with Crippen LogP contribution in [0.15, 0.2) is 90.1 Å². The molecule has 5 rings (SSSR count). The van der Waals surface area contributed by atoms with Crippen molar-refractivity contribution >= 4 is 50.7 Å². The Balaban J connectivity index is 1.39. The maximum atomic E-state index is 15.6. The molecule has 0 spiro atoms. The lowest BCUT2D eigenvalue weighted by molar-refractivity contribution is -0.125. The third-order valence-electron chi connectivity index (χ3n) is 6.65. The molecule has 2 heterocycles. The van der Waals surface area contributed by atoms with Gasteiger partial charge in [0.1, 0.15) is 23.7 Å². The van der Waals surface area contributed by atoms with Crippen LogP contribution in [0.25, 0.3) is 20.7 Å². The Labute approximate surface area is 268 Å². The summed E-state index contributed by atoms with van der Waals surface area (Å²) in [6.07, 6.45) is 1.67. The van der Waals surface area contributed by atoms with Crippen LogP contribution < -0.4 is 36.3 Å². The van der Waals surface area contributed by atoms with E-state index >= 15 is 4.39 Å². The zero-order chi connectivity index (χ0) is 32.6. The number of primary amides is 1. The van der Waals surface area contributed by atoms with Crippen LogP contribution in [0.4, 0.5) is 15.8 Å². The highest BCUT2D eigenvalue weighted by molar-refractivity contribution is 7.22. The van der Waals surface area contributed by atoms with Crippen molar-refractivity contribution < 1.29 is 28.2 Å². The molecule has 6 N–H and O–H groups in total. The molecule has 0 bridgehead atoms. The number of carbonyl (C=O) groups excluding carboxylic acids is 2. The minimum Gasteiger partial charge on any atom is -0.495 e. The predicted molar refractivity (Wildman–Crippen MR) is 176 cm³/mol. The Kier molecular flexibility index (Phi) is 9.93. The molecule has 0 fully saturated rings. The molecule has 0 aliphatic heterocycles. The van der Waals surface area contributed by atoms with E-state index in [1.807, 2.05) is 30.3 Å². The van der Waals surface area contributed by atoms with Crippen molar-refractivity contribution in [2.75, 3.05) is 25.2 Å². The number of anilines is 2. The number of ether oxygens (including phenoxy) is 3. The van der Waals surface area contributed by atoms with Crippen molar-refractivity contribution in [1.82, 2.24) is 4.98 Å². The number of carbonyl (C=O) groups is 2. The molecule has 236 valence electrons. The average Bonchev–Trinajstić information content (AvgIpc) is 3.48. The Hall–Kier alpha value is -5.69. The van der Waals surface area contributed by atoms with E-state index in [4.69, 9.17) is 31.4 Å². The van der Waals surface area contributed by atoms with Gasteiger partial charge in [-0.25, -0.2) is 4.39 Å². The number of hydrogen-bond acceptors (Lipinski definition) is 8. The lowest BCUT2D eigenvalue weighted by Crippen LogP contribution is -2.30. The number of fused-ring (bicyclic) bond motifs is 1. The summed E-state index contributed by atoms with van der Waals surface area (Å²) < 4.78 is 33.6. The van der Waals surface area contributed by atoms with Gasteiger partial charge in [-0.1, -0.05) is 24.3 Å². The van der Waals surface area contributed by atoms with Crippen molar-refractivity contribution in [3.8, 4) is 33.4 Å². The molecular formula is C33H31FN6O5S. The quantitative estimate of drug-likeness (QED) is 0.0656. The normalized spacial score (nSPS) is 10.7. The van der Waals surface area contributed by atoms with Crippen molar-refractivity contribution in [1.29, 1.82) is 0 Å². The molecule has 13 heteroatoms. The highest BCUT2D eigenvalue weighted by Gasteiger charge is 2.24. The molecule has 2 aromatic heterocycles. The Morgan fingerprint density at radius 3 is 2.54 bits per heavy atom. The van der Waals surface area contributed by atoms with E-state index in [-0.39, 0.29) is 17.4 Å². The maximum Gasteiger partial charge on any atom is 0.241 e. The molecule has 3 aromatic carbocycles. The standard InChI is InChI=1S/C33H31FN6O5S/c1-43-27-9-3-2-8-25(27)40(31(42)19-30(35)41)21-10-11-26(23(34)17-21)45-28-12-14-38-24-18-29(46-32(24)28)20-6-4-7-22(16-20)44-15-5-13-39-33(36)37/h2-4,6-12,14,16-18H,5,13,15,19H2,1H3,(H2,35,41)(H4,36,37,39). The molecular weight excluding hydrogens is 611 g/mol. The number of methoxy groups -OCH3 is 1. The van der Waals surface area contributed by atoms with E-state index in [9.17, 15) is 9.59 Å². The van der Waals surface area contributed by atoms with Crippen LogP contribution >= 0.6 is 11.3 Å². The first-order valence-corrected chi connectivity index (χ1v) is 14.9. The molecule has 0 unspecified atom stereocenters. The van der Waals surface area contributed by atoms with Gasteiger partial charge < -0.3 is 31.4 Å². The van der Waals surface area contributed by atoms with Gasteiger partial charge in [-0.05, 0) is 48.0 Å². The summed E-state index contributed by atoms with van der Waals surface area (Å²) in [7, 11) is 1.45. The number of nitrogens with two attached hydrogens (primary N) is 3. The Morgan fingerprint density at radius 1 is 0.957 bits per heavy atom. The van der Waals surface area contributed by atoms with Gasteiger partial charge >= 0.3 is 0 Å². The number of benzene rings is 3. The number of nitrogens with zero attached hydrogens (tertiary/aromatic N) is 3. The summed E-state index contributed by atoms with van der Waals surface area (Å²) >= 11 is 1.44. The number of hydrogen-bond donors (Lipinski definition) is 3. The van der Waals surface area contributed by atoms with E-state index in [2.05, 4.69) is 9.98 Å². The van der Waals surface area contributed by atoms with Gasteiger partial charge in [0.25, 0.3) is 0 Å².